The monoisotopic (exact) mass is 299 g/mol. The lowest BCUT2D eigenvalue weighted by Crippen LogP contribution is -2.40. The highest BCUT2D eigenvalue weighted by Crippen LogP contribution is 2.14. The van der Waals surface area contributed by atoms with Gasteiger partial charge in [0.25, 0.3) is 0 Å². The number of carbonyl (C=O) groups is 2. The molecule has 0 atom stereocenters. The number of nitrogens with zero attached hydrogens (tertiary/aromatic N) is 1. The number of benzene rings is 1. The van der Waals surface area contributed by atoms with Gasteiger partial charge < -0.3 is 15.5 Å². The van der Waals surface area contributed by atoms with Gasteiger partial charge in [0.2, 0.25) is 0 Å². The Kier molecular flexibility index (Phi) is 6.74. The Morgan fingerprint density at radius 1 is 1.14 bits per heavy atom. The van der Waals surface area contributed by atoms with Gasteiger partial charge in [0.1, 0.15) is 11.6 Å². The van der Waals surface area contributed by atoms with E-state index in [4.69, 9.17) is 0 Å². The van der Waals surface area contributed by atoms with E-state index in [-0.39, 0.29) is 5.69 Å². The minimum atomic E-state index is -1.03. The third-order valence-corrected chi connectivity index (χ3v) is 2.99. The molecule has 0 unspecified atom stereocenters. The van der Waals surface area contributed by atoms with Crippen LogP contribution in [0.15, 0.2) is 18.2 Å². The highest BCUT2D eigenvalue weighted by atomic mass is 19.1. The third kappa shape index (κ3) is 5.47. The van der Waals surface area contributed by atoms with E-state index in [2.05, 4.69) is 10.2 Å². The fourth-order valence-electron chi connectivity index (χ4n) is 1.72. The van der Waals surface area contributed by atoms with E-state index >= 15 is 0 Å². The molecule has 0 bridgehead atoms. The van der Waals surface area contributed by atoms with Crippen LogP contribution in [-0.2, 0) is 9.59 Å². The Labute approximate surface area is 122 Å². The molecule has 0 fully saturated rings. The zero-order valence-corrected chi connectivity index (χ0v) is 12.1. The lowest BCUT2D eigenvalue weighted by molar-refractivity contribution is -0.136. The first-order valence-corrected chi connectivity index (χ1v) is 6.74. The van der Waals surface area contributed by atoms with Crippen molar-refractivity contribution >= 4 is 17.5 Å². The normalized spacial score (nSPS) is 10.5. The van der Waals surface area contributed by atoms with Crippen LogP contribution in [0, 0.1) is 11.6 Å². The predicted molar refractivity (Wildman–Crippen MR) is 75.8 cm³/mol. The van der Waals surface area contributed by atoms with E-state index in [1.165, 1.54) is 0 Å². The summed E-state index contributed by atoms with van der Waals surface area (Å²) < 4.78 is 26.3. The summed E-state index contributed by atoms with van der Waals surface area (Å²) in [6.07, 6.45) is 0. The Bertz CT molecular complexity index is 505. The molecule has 21 heavy (non-hydrogen) atoms. The van der Waals surface area contributed by atoms with Crippen LogP contribution in [0.3, 0.4) is 0 Å². The molecule has 5 nitrogen and oxygen atoms in total. The maximum atomic E-state index is 13.3. The largest absolute Gasteiger partial charge is 0.347 e. The van der Waals surface area contributed by atoms with Crippen molar-refractivity contribution in [2.24, 2.45) is 0 Å². The maximum absolute atomic E-state index is 13.3. The molecule has 1 aromatic rings. The molecule has 7 heteroatoms. The smallest absolute Gasteiger partial charge is 0.313 e. The van der Waals surface area contributed by atoms with Crippen LogP contribution in [0.2, 0.25) is 0 Å². The van der Waals surface area contributed by atoms with Crippen molar-refractivity contribution in [1.82, 2.24) is 10.2 Å². The van der Waals surface area contributed by atoms with E-state index < -0.39 is 23.4 Å². The number of rotatable bonds is 6. The summed E-state index contributed by atoms with van der Waals surface area (Å²) in [5.41, 5.74) is -0.362. The number of amides is 2. The minimum absolute atomic E-state index is 0.305. The molecular formula is C14H19F2N3O2. The van der Waals surface area contributed by atoms with Crippen molar-refractivity contribution in [3.8, 4) is 0 Å². The number of nitrogens with one attached hydrogen (secondary N) is 2. The average Bonchev–Trinajstić information content (AvgIpc) is 2.47. The molecule has 0 aliphatic rings. The van der Waals surface area contributed by atoms with Crippen molar-refractivity contribution < 1.29 is 18.4 Å². The molecule has 0 aromatic heterocycles. The lowest BCUT2D eigenvalue weighted by atomic mass is 10.3. The second-order valence-electron chi connectivity index (χ2n) is 4.36. The summed E-state index contributed by atoms with van der Waals surface area (Å²) >= 11 is 0. The number of halogens is 2. The van der Waals surface area contributed by atoms with Crippen LogP contribution in [0.1, 0.15) is 13.8 Å². The topological polar surface area (TPSA) is 61.4 Å². The lowest BCUT2D eigenvalue weighted by Gasteiger charge is -2.17. The summed E-state index contributed by atoms with van der Waals surface area (Å²) in [7, 11) is 0. The van der Waals surface area contributed by atoms with E-state index in [9.17, 15) is 18.4 Å². The zero-order valence-electron chi connectivity index (χ0n) is 12.1. The van der Waals surface area contributed by atoms with Gasteiger partial charge in [0, 0.05) is 19.2 Å². The van der Waals surface area contributed by atoms with Crippen LogP contribution >= 0.6 is 0 Å². The first kappa shape index (κ1) is 17.0. The van der Waals surface area contributed by atoms with E-state index in [1.807, 2.05) is 19.2 Å². The summed E-state index contributed by atoms with van der Waals surface area (Å²) in [5, 5.41) is 4.46. The molecular weight excluding hydrogens is 280 g/mol. The second-order valence-corrected chi connectivity index (χ2v) is 4.36. The fourth-order valence-corrected chi connectivity index (χ4v) is 1.72. The van der Waals surface area contributed by atoms with Crippen molar-refractivity contribution in [2.45, 2.75) is 13.8 Å². The average molecular weight is 299 g/mol. The summed E-state index contributed by atoms with van der Waals surface area (Å²) in [5.74, 6) is -3.42. The quantitative estimate of drug-likeness (QED) is 0.780. The minimum Gasteiger partial charge on any atom is -0.347 e. The molecule has 0 aliphatic carbocycles. The van der Waals surface area contributed by atoms with Gasteiger partial charge in [-0.3, -0.25) is 9.59 Å². The van der Waals surface area contributed by atoms with Gasteiger partial charge >= 0.3 is 11.8 Å². The molecule has 1 rings (SSSR count). The number of likely N-dealkylation sites (N-methyl/N-ethyl adjacent to an activating group) is 1. The van der Waals surface area contributed by atoms with Gasteiger partial charge in [0.15, 0.2) is 0 Å². The molecule has 2 N–H and O–H groups in total. The van der Waals surface area contributed by atoms with Gasteiger partial charge in [-0.1, -0.05) is 13.8 Å². The van der Waals surface area contributed by atoms with Gasteiger partial charge in [0.05, 0.1) is 5.69 Å². The van der Waals surface area contributed by atoms with Crippen LogP contribution < -0.4 is 10.6 Å². The Balaban J connectivity index is 2.48. The summed E-state index contributed by atoms with van der Waals surface area (Å²) in [4.78, 5) is 25.2. The van der Waals surface area contributed by atoms with Crippen molar-refractivity contribution in [3.63, 3.8) is 0 Å². The molecule has 1 aromatic carbocycles. The fraction of sp³-hybridized carbons (Fsp3) is 0.429. The SMILES string of the molecule is CCN(CC)CCNC(=O)C(=O)Nc1cc(F)ccc1F. The number of anilines is 1. The molecule has 0 saturated carbocycles. The number of hydrogen-bond donors (Lipinski definition) is 2. The highest BCUT2D eigenvalue weighted by Gasteiger charge is 2.15. The Morgan fingerprint density at radius 2 is 1.81 bits per heavy atom. The first-order chi connectivity index (χ1) is 9.97. The van der Waals surface area contributed by atoms with Crippen LogP contribution in [0.5, 0.6) is 0 Å². The van der Waals surface area contributed by atoms with Crippen molar-refractivity contribution in [3.05, 3.63) is 29.8 Å². The van der Waals surface area contributed by atoms with Gasteiger partial charge in [-0.05, 0) is 25.2 Å². The molecule has 0 saturated heterocycles. The highest BCUT2D eigenvalue weighted by molar-refractivity contribution is 6.39. The predicted octanol–water partition coefficient (Wildman–Crippen LogP) is 1.36. The second kappa shape index (κ2) is 8.31. The standard InChI is InChI=1S/C14H19F2N3O2/c1-3-19(4-2)8-7-17-13(20)14(21)18-12-9-10(15)5-6-11(12)16/h5-6,9H,3-4,7-8H2,1-2H3,(H,17,20)(H,18,21). The molecule has 0 aliphatic heterocycles. The molecule has 0 heterocycles. The van der Waals surface area contributed by atoms with Gasteiger partial charge in [-0.25, -0.2) is 8.78 Å². The molecule has 0 radical (unpaired) electrons. The number of hydrogen-bond acceptors (Lipinski definition) is 3. The van der Waals surface area contributed by atoms with E-state index in [1.54, 1.807) is 0 Å². The summed E-state index contributed by atoms with van der Waals surface area (Å²) in [6.45, 7) is 6.58. The van der Waals surface area contributed by atoms with Crippen LogP contribution in [-0.4, -0.2) is 42.9 Å². The van der Waals surface area contributed by atoms with E-state index in [0.717, 1.165) is 31.3 Å². The first-order valence-electron chi connectivity index (χ1n) is 6.74. The van der Waals surface area contributed by atoms with Crippen LogP contribution in [0.4, 0.5) is 14.5 Å². The van der Waals surface area contributed by atoms with Crippen molar-refractivity contribution in [1.29, 1.82) is 0 Å². The molecule has 116 valence electrons. The zero-order chi connectivity index (χ0) is 15.8. The third-order valence-electron chi connectivity index (χ3n) is 2.99. The van der Waals surface area contributed by atoms with E-state index in [0.29, 0.717) is 13.1 Å². The van der Waals surface area contributed by atoms with Gasteiger partial charge in [-0.15, -0.1) is 0 Å². The molecule has 0 spiro atoms. The van der Waals surface area contributed by atoms with Gasteiger partial charge in [-0.2, -0.15) is 0 Å². The maximum Gasteiger partial charge on any atom is 0.313 e. The van der Waals surface area contributed by atoms with Crippen molar-refractivity contribution in [2.75, 3.05) is 31.5 Å². The summed E-state index contributed by atoms with van der Waals surface area (Å²) in [6, 6.07) is 2.62. The Hall–Kier alpha value is -2.02. The number of carbonyl (C=O) groups excluding carboxylic acids is 2. The Morgan fingerprint density at radius 3 is 2.43 bits per heavy atom. The van der Waals surface area contributed by atoms with Crippen LogP contribution in [0.25, 0.3) is 0 Å². The molecule has 2 amide bonds.